The van der Waals surface area contributed by atoms with Crippen molar-refractivity contribution in [3.05, 3.63) is 36.3 Å². The molecule has 3 rings (SSSR count). The molecule has 1 aromatic carbocycles. The van der Waals surface area contributed by atoms with Gasteiger partial charge in [0.25, 0.3) is 5.89 Å². The molecule has 0 aliphatic rings. The summed E-state index contributed by atoms with van der Waals surface area (Å²) in [6.45, 7) is 1.76. The van der Waals surface area contributed by atoms with Crippen LogP contribution in [0.2, 0.25) is 0 Å². The quantitative estimate of drug-likeness (QED) is 0.732. The summed E-state index contributed by atoms with van der Waals surface area (Å²) in [6.07, 6.45) is 1.61. The first-order valence-corrected chi connectivity index (χ1v) is 5.79. The monoisotopic (exact) mass is 270 g/mol. The molecule has 3 aromatic rings. The molecule has 0 bridgehead atoms. The van der Waals surface area contributed by atoms with Crippen LogP contribution in [0.25, 0.3) is 23.0 Å². The fraction of sp³-hybridized carbons (Fsp3) is 0.0769. The second-order valence-corrected chi connectivity index (χ2v) is 4.15. The molecule has 0 amide bonds. The second kappa shape index (κ2) is 4.61. The lowest BCUT2D eigenvalue weighted by atomic mass is 10.2. The number of nitrogens with zero attached hydrogens (tertiary/aromatic N) is 4. The molecule has 0 spiro atoms. The molecule has 2 N–H and O–H groups in total. The van der Waals surface area contributed by atoms with Gasteiger partial charge in [0.1, 0.15) is 23.0 Å². The number of rotatable bonds is 2. The number of aromatic hydroxyl groups is 2. The molecule has 0 atom stereocenters. The van der Waals surface area contributed by atoms with Crippen molar-refractivity contribution in [3.63, 3.8) is 0 Å². The molecule has 0 saturated heterocycles. The number of aromatic nitrogens is 4. The molecule has 2 heterocycles. The molecule has 7 nitrogen and oxygen atoms in total. The van der Waals surface area contributed by atoms with Gasteiger partial charge in [-0.2, -0.15) is 4.98 Å². The number of benzene rings is 1. The Bertz CT molecular complexity index is 750. The van der Waals surface area contributed by atoms with E-state index in [2.05, 4.69) is 20.1 Å². The number of aryl methyl sites for hydroxylation is 1. The molecular weight excluding hydrogens is 260 g/mol. The van der Waals surface area contributed by atoms with Crippen LogP contribution in [0.5, 0.6) is 11.5 Å². The highest BCUT2D eigenvalue weighted by atomic mass is 16.5. The highest BCUT2D eigenvalue weighted by Gasteiger charge is 2.13. The summed E-state index contributed by atoms with van der Waals surface area (Å²) in [5.41, 5.74) is 0.962. The van der Waals surface area contributed by atoms with Crippen LogP contribution >= 0.6 is 0 Å². The summed E-state index contributed by atoms with van der Waals surface area (Å²) in [6, 6.07) is 5.72. The molecule has 0 fully saturated rings. The third kappa shape index (κ3) is 2.28. The Morgan fingerprint density at radius 1 is 1.05 bits per heavy atom. The maximum atomic E-state index is 9.44. The number of hydrogen-bond donors (Lipinski definition) is 2. The summed E-state index contributed by atoms with van der Waals surface area (Å²) in [7, 11) is 0. The van der Waals surface area contributed by atoms with Gasteiger partial charge < -0.3 is 14.7 Å². The molecular formula is C13H10N4O3. The van der Waals surface area contributed by atoms with E-state index in [1.54, 1.807) is 19.2 Å². The zero-order valence-corrected chi connectivity index (χ0v) is 10.5. The first-order chi connectivity index (χ1) is 9.61. The van der Waals surface area contributed by atoms with Crippen LogP contribution in [0.4, 0.5) is 0 Å². The van der Waals surface area contributed by atoms with Gasteiger partial charge >= 0.3 is 0 Å². The predicted octanol–water partition coefficient (Wildman–Crippen LogP) is 1.91. The van der Waals surface area contributed by atoms with Gasteiger partial charge in [-0.3, -0.25) is 0 Å². The van der Waals surface area contributed by atoms with E-state index in [1.807, 2.05) is 0 Å². The van der Waals surface area contributed by atoms with Crippen LogP contribution in [0.1, 0.15) is 5.82 Å². The minimum atomic E-state index is -0.0855. The molecule has 0 aliphatic carbocycles. The Kier molecular flexibility index (Phi) is 2.79. The molecule has 0 radical (unpaired) electrons. The number of phenolic OH excluding ortho intramolecular Hbond substituents is 2. The molecule has 0 unspecified atom stereocenters. The lowest BCUT2D eigenvalue weighted by Crippen LogP contribution is -1.91. The van der Waals surface area contributed by atoms with E-state index in [1.165, 1.54) is 18.2 Å². The topological polar surface area (TPSA) is 105 Å². The molecule has 0 aliphatic heterocycles. The van der Waals surface area contributed by atoms with E-state index in [4.69, 9.17) is 4.52 Å². The lowest BCUT2D eigenvalue weighted by Gasteiger charge is -1.97. The molecule has 2 aromatic heterocycles. The molecule has 20 heavy (non-hydrogen) atoms. The van der Waals surface area contributed by atoms with Crippen LogP contribution in [-0.2, 0) is 0 Å². The van der Waals surface area contributed by atoms with Crippen molar-refractivity contribution in [1.29, 1.82) is 0 Å². The predicted molar refractivity (Wildman–Crippen MR) is 68.8 cm³/mol. The fourth-order valence-corrected chi connectivity index (χ4v) is 1.74. The Labute approximate surface area is 113 Å². The van der Waals surface area contributed by atoms with Crippen LogP contribution in [0.3, 0.4) is 0 Å². The third-order valence-electron chi connectivity index (χ3n) is 2.58. The average molecular weight is 270 g/mol. The summed E-state index contributed by atoms with van der Waals surface area (Å²) < 4.78 is 5.11. The summed E-state index contributed by atoms with van der Waals surface area (Å²) >= 11 is 0. The van der Waals surface area contributed by atoms with E-state index in [-0.39, 0.29) is 17.4 Å². The van der Waals surface area contributed by atoms with E-state index in [0.29, 0.717) is 22.9 Å². The van der Waals surface area contributed by atoms with Gasteiger partial charge in [-0.15, -0.1) is 0 Å². The maximum Gasteiger partial charge on any atom is 0.258 e. The van der Waals surface area contributed by atoms with Crippen LogP contribution in [0.15, 0.2) is 35.0 Å². The summed E-state index contributed by atoms with van der Waals surface area (Å²) in [4.78, 5) is 12.4. The van der Waals surface area contributed by atoms with Gasteiger partial charge in [0.05, 0.1) is 0 Å². The van der Waals surface area contributed by atoms with E-state index < -0.39 is 0 Å². The SMILES string of the molecule is Cc1nccc(-c2noc(-c3cc(O)cc(O)c3)n2)n1. The Morgan fingerprint density at radius 2 is 1.80 bits per heavy atom. The van der Waals surface area contributed by atoms with Gasteiger partial charge in [0.2, 0.25) is 5.82 Å². The summed E-state index contributed by atoms with van der Waals surface area (Å²) in [5, 5.41) is 22.7. The number of hydrogen-bond acceptors (Lipinski definition) is 7. The van der Waals surface area contributed by atoms with E-state index in [0.717, 1.165) is 0 Å². The van der Waals surface area contributed by atoms with Gasteiger partial charge in [-0.05, 0) is 25.1 Å². The molecule has 100 valence electrons. The van der Waals surface area contributed by atoms with Crippen molar-refractivity contribution in [2.24, 2.45) is 0 Å². The van der Waals surface area contributed by atoms with Gasteiger partial charge in [-0.25, -0.2) is 9.97 Å². The van der Waals surface area contributed by atoms with Crippen molar-refractivity contribution in [2.75, 3.05) is 0 Å². The van der Waals surface area contributed by atoms with Crippen LogP contribution < -0.4 is 0 Å². The normalized spacial score (nSPS) is 10.7. The Balaban J connectivity index is 2.02. The van der Waals surface area contributed by atoms with Crippen molar-refractivity contribution in [1.82, 2.24) is 20.1 Å². The van der Waals surface area contributed by atoms with Crippen LogP contribution in [-0.4, -0.2) is 30.3 Å². The van der Waals surface area contributed by atoms with Crippen molar-refractivity contribution >= 4 is 0 Å². The molecule has 7 heteroatoms. The van der Waals surface area contributed by atoms with Crippen LogP contribution in [0, 0.1) is 6.92 Å². The minimum absolute atomic E-state index is 0.0855. The Hall–Kier alpha value is -2.96. The van der Waals surface area contributed by atoms with E-state index >= 15 is 0 Å². The first kappa shape index (κ1) is 12.1. The van der Waals surface area contributed by atoms with E-state index in [9.17, 15) is 10.2 Å². The first-order valence-electron chi connectivity index (χ1n) is 5.79. The highest BCUT2D eigenvalue weighted by molar-refractivity contribution is 5.61. The minimum Gasteiger partial charge on any atom is -0.508 e. The third-order valence-corrected chi connectivity index (χ3v) is 2.58. The zero-order valence-electron chi connectivity index (χ0n) is 10.5. The van der Waals surface area contributed by atoms with Gasteiger partial charge in [0, 0.05) is 17.8 Å². The van der Waals surface area contributed by atoms with Crippen molar-refractivity contribution in [3.8, 4) is 34.5 Å². The highest BCUT2D eigenvalue weighted by Crippen LogP contribution is 2.28. The second-order valence-electron chi connectivity index (χ2n) is 4.15. The smallest absolute Gasteiger partial charge is 0.258 e. The average Bonchev–Trinajstić information content (AvgIpc) is 2.87. The molecule has 0 saturated carbocycles. The number of phenols is 2. The summed E-state index contributed by atoms with van der Waals surface area (Å²) in [5.74, 6) is 0.926. The van der Waals surface area contributed by atoms with Crippen molar-refractivity contribution < 1.29 is 14.7 Å². The largest absolute Gasteiger partial charge is 0.508 e. The van der Waals surface area contributed by atoms with Gasteiger partial charge in [-0.1, -0.05) is 5.16 Å². The van der Waals surface area contributed by atoms with Gasteiger partial charge in [0.15, 0.2) is 0 Å². The van der Waals surface area contributed by atoms with Crippen molar-refractivity contribution in [2.45, 2.75) is 6.92 Å². The standard InChI is InChI=1S/C13H10N4O3/c1-7-14-3-2-11(15-7)12-16-13(20-17-12)8-4-9(18)6-10(19)5-8/h2-6,18-19H,1H3. The zero-order chi connectivity index (χ0) is 14.1. The lowest BCUT2D eigenvalue weighted by molar-refractivity contribution is 0.428. The fourth-order valence-electron chi connectivity index (χ4n) is 1.74. The maximum absolute atomic E-state index is 9.44. The Morgan fingerprint density at radius 3 is 2.50 bits per heavy atom.